The molecule has 0 spiro atoms. The topological polar surface area (TPSA) is 98.0 Å². The summed E-state index contributed by atoms with van der Waals surface area (Å²) >= 11 is 0. The highest BCUT2D eigenvalue weighted by Crippen LogP contribution is 2.33. The van der Waals surface area contributed by atoms with Crippen LogP contribution in [-0.4, -0.2) is 32.3 Å². The van der Waals surface area contributed by atoms with Crippen molar-refractivity contribution in [1.82, 2.24) is 0 Å². The van der Waals surface area contributed by atoms with Crippen LogP contribution in [0.5, 0.6) is 17.2 Å². The van der Waals surface area contributed by atoms with Gasteiger partial charge in [0.15, 0.2) is 5.78 Å². The Bertz CT molecular complexity index is 548. The molecule has 0 saturated heterocycles. The number of hydrogen-bond acceptors (Lipinski definition) is 5. The molecule has 0 aromatic heterocycles. The molecule has 0 bridgehead atoms. The minimum Gasteiger partial charge on any atom is -0.508 e. The van der Waals surface area contributed by atoms with E-state index in [9.17, 15) is 20.1 Å². The average Bonchev–Trinajstić information content (AvgIpc) is 2.30. The normalized spacial score (nSPS) is 18.2. The first-order valence-electron chi connectivity index (χ1n) is 5.81. The van der Waals surface area contributed by atoms with Crippen molar-refractivity contribution >= 4 is 5.78 Å². The van der Waals surface area contributed by atoms with E-state index in [1.54, 1.807) is 18.2 Å². The van der Waals surface area contributed by atoms with Gasteiger partial charge in [-0.15, -0.1) is 0 Å². The molecule has 1 aromatic rings. The third-order valence-electron chi connectivity index (χ3n) is 2.88. The predicted octanol–water partition coefficient (Wildman–Crippen LogP) is 1.62. The number of phenols is 3. The zero-order valence-electron chi connectivity index (χ0n) is 10.1. The van der Waals surface area contributed by atoms with E-state index >= 15 is 0 Å². The van der Waals surface area contributed by atoms with Gasteiger partial charge < -0.3 is 20.4 Å². The number of aromatic hydroxyl groups is 3. The summed E-state index contributed by atoms with van der Waals surface area (Å²) in [4.78, 5) is 12.0. The summed E-state index contributed by atoms with van der Waals surface area (Å²) in [6.07, 6.45) is 4.87. The number of phenolic OH excluding ortho intramolecular Hbond substituents is 3. The summed E-state index contributed by atoms with van der Waals surface area (Å²) in [5.74, 6) is -1.68. The third-order valence-corrected chi connectivity index (χ3v) is 2.88. The second kappa shape index (κ2) is 5.16. The van der Waals surface area contributed by atoms with E-state index in [-0.39, 0.29) is 17.7 Å². The molecule has 4 N–H and O–H groups in total. The SMILES string of the molecule is O=C(CC1=CCC(O)C=C1)c1c(O)cc(O)cc1O. The maximum absolute atomic E-state index is 12.0. The fraction of sp³-hybridized carbons (Fsp3) is 0.214. The van der Waals surface area contributed by atoms with Crippen molar-refractivity contribution in [3.63, 3.8) is 0 Å². The summed E-state index contributed by atoms with van der Waals surface area (Å²) in [6.45, 7) is 0. The minimum atomic E-state index is -0.533. The zero-order valence-corrected chi connectivity index (χ0v) is 10.1. The molecule has 1 aliphatic rings. The van der Waals surface area contributed by atoms with E-state index in [2.05, 4.69) is 0 Å². The van der Waals surface area contributed by atoms with Gasteiger partial charge in [-0.05, 0) is 12.0 Å². The second-order valence-corrected chi connectivity index (χ2v) is 4.40. The lowest BCUT2D eigenvalue weighted by molar-refractivity contribution is 0.0988. The Labute approximate surface area is 109 Å². The van der Waals surface area contributed by atoms with Crippen molar-refractivity contribution in [3.8, 4) is 17.2 Å². The molecule has 5 nitrogen and oxygen atoms in total. The lowest BCUT2D eigenvalue weighted by Crippen LogP contribution is -2.07. The van der Waals surface area contributed by atoms with Gasteiger partial charge in [0.05, 0.1) is 6.10 Å². The smallest absolute Gasteiger partial charge is 0.174 e. The summed E-state index contributed by atoms with van der Waals surface area (Å²) in [7, 11) is 0. The molecule has 1 aliphatic carbocycles. The van der Waals surface area contributed by atoms with Gasteiger partial charge in [0, 0.05) is 18.6 Å². The van der Waals surface area contributed by atoms with Gasteiger partial charge in [-0.2, -0.15) is 0 Å². The van der Waals surface area contributed by atoms with Crippen LogP contribution in [0.15, 0.2) is 35.9 Å². The number of ketones is 1. The Morgan fingerprint density at radius 1 is 1.21 bits per heavy atom. The first-order valence-corrected chi connectivity index (χ1v) is 5.81. The van der Waals surface area contributed by atoms with Crippen molar-refractivity contribution in [2.24, 2.45) is 0 Å². The van der Waals surface area contributed by atoms with Gasteiger partial charge in [-0.25, -0.2) is 0 Å². The highest BCUT2D eigenvalue weighted by molar-refractivity contribution is 6.02. The average molecular weight is 262 g/mol. The Morgan fingerprint density at radius 3 is 2.37 bits per heavy atom. The Kier molecular flexibility index (Phi) is 3.57. The Balaban J connectivity index is 2.20. The van der Waals surface area contributed by atoms with Crippen molar-refractivity contribution in [2.45, 2.75) is 18.9 Å². The van der Waals surface area contributed by atoms with E-state index in [0.717, 1.165) is 12.1 Å². The number of aliphatic hydroxyl groups is 1. The van der Waals surface area contributed by atoms with Gasteiger partial charge in [-0.1, -0.05) is 18.2 Å². The van der Waals surface area contributed by atoms with Crippen LogP contribution < -0.4 is 0 Å². The number of carbonyl (C=O) groups excluding carboxylic acids is 1. The number of hydrogen-bond donors (Lipinski definition) is 4. The number of rotatable bonds is 3. The molecule has 0 fully saturated rings. The molecule has 0 aliphatic heterocycles. The molecule has 5 heteroatoms. The van der Waals surface area contributed by atoms with Crippen molar-refractivity contribution in [2.75, 3.05) is 0 Å². The highest BCUT2D eigenvalue weighted by Gasteiger charge is 2.19. The van der Waals surface area contributed by atoms with Crippen LogP contribution in [0.3, 0.4) is 0 Å². The molecule has 1 atom stereocenters. The second-order valence-electron chi connectivity index (χ2n) is 4.40. The minimum absolute atomic E-state index is 0.00904. The number of Topliss-reactive ketones (excluding diaryl/α,β-unsaturated/α-hetero) is 1. The number of aliphatic hydroxyl groups excluding tert-OH is 1. The number of allylic oxidation sites excluding steroid dienone is 2. The van der Waals surface area contributed by atoms with Crippen LogP contribution in [0.1, 0.15) is 23.2 Å². The molecule has 1 unspecified atom stereocenters. The van der Waals surface area contributed by atoms with E-state index in [1.165, 1.54) is 0 Å². The largest absolute Gasteiger partial charge is 0.508 e. The standard InChI is InChI=1S/C14H14O5/c15-9-3-1-8(2-4-9)5-11(17)14-12(18)6-10(16)7-13(14)19/h1-3,6-7,9,15-16,18-19H,4-5H2. The maximum atomic E-state index is 12.0. The zero-order chi connectivity index (χ0) is 14.0. The summed E-state index contributed by atoms with van der Waals surface area (Å²) in [5.41, 5.74) is 0.500. The molecule has 2 rings (SSSR count). The van der Waals surface area contributed by atoms with E-state index in [0.29, 0.717) is 12.0 Å². The fourth-order valence-corrected chi connectivity index (χ4v) is 1.94. The van der Waals surface area contributed by atoms with E-state index in [4.69, 9.17) is 5.11 Å². The lowest BCUT2D eigenvalue weighted by atomic mass is 9.97. The molecule has 1 aromatic carbocycles. The Morgan fingerprint density at radius 2 is 1.84 bits per heavy atom. The van der Waals surface area contributed by atoms with Crippen LogP contribution in [0.4, 0.5) is 0 Å². The van der Waals surface area contributed by atoms with Gasteiger partial charge in [-0.3, -0.25) is 4.79 Å². The lowest BCUT2D eigenvalue weighted by Gasteiger charge is -2.12. The van der Waals surface area contributed by atoms with E-state index in [1.807, 2.05) is 0 Å². The Hall–Kier alpha value is -2.27. The summed E-state index contributed by atoms with van der Waals surface area (Å²) in [5, 5.41) is 37.6. The monoisotopic (exact) mass is 262 g/mol. The quantitative estimate of drug-likeness (QED) is 0.620. The molecular weight excluding hydrogens is 248 g/mol. The van der Waals surface area contributed by atoms with Crippen LogP contribution in [-0.2, 0) is 0 Å². The van der Waals surface area contributed by atoms with Crippen molar-refractivity contribution in [3.05, 3.63) is 41.5 Å². The van der Waals surface area contributed by atoms with E-state index < -0.39 is 23.4 Å². The summed E-state index contributed by atoms with van der Waals surface area (Å²) < 4.78 is 0. The highest BCUT2D eigenvalue weighted by atomic mass is 16.3. The van der Waals surface area contributed by atoms with Crippen molar-refractivity contribution in [1.29, 1.82) is 0 Å². The summed E-state index contributed by atoms with van der Waals surface area (Å²) in [6, 6.07) is 2.00. The molecule has 0 amide bonds. The maximum Gasteiger partial charge on any atom is 0.174 e. The third kappa shape index (κ3) is 2.95. The van der Waals surface area contributed by atoms with Crippen LogP contribution in [0, 0.1) is 0 Å². The molecule has 19 heavy (non-hydrogen) atoms. The molecule has 0 radical (unpaired) electrons. The molecule has 0 saturated carbocycles. The first kappa shape index (κ1) is 13.2. The fourth-order valence-electron chi connectivity index (χ4n) is 1.94. The van der Waals surface area contributed by atoms with Crippen LogP contribution >= 0.6 is 0 Å². The number of benzene rings is 1. The molecule has 0 heterocycles. The first-order chi connectivity index (χ1) is 8.97. The van der Waals surface area contributed by atoms with Crippen LogP contribution in [0.25, 0.3) is 0 Å². The van der Waals surface area contributed by atoms with Crippen molar-refractivity contribution < 1.29 is 25.2 Å². The predicted molar refractivity (Wildman–Crippen MR) is 68.2 cm³/mol. The van der Waals surface area contributed by atoms with Gasteiger partial charge in [0.1, 0.15) is 22.8 Å². The molecular formula is C14H14O5. The number of carbonyl (C=O) groups is 1. The van der Waals surface area contributed by atoms with Crippen LogP contribution in [0.2, 0.25) is 0 Å². The van der Waals surface area contributed by atoms with Gasteiger partial charge in [0.25, 0.3) is 0 Å². The van der Waals surface area contributed by atoms with Gasteiger partial charge >= 0.3 is 0 Å². The molecule has 100 valence electrons. The van der Waals surface area contributed by atoms with Gasteiger partial charge in [0.2, 0.25) is 0 Å².